The molecule has 3 rings (SSSR count). The van der Waals surface area contributed by atoms with E-state index in [-0.39, 0.29) is 5.69 Å². The normalized spacial score (nSPS) is 13.8. The minimum atomic E-state index is -3.34. The van der Waals surface area contributed by atoms with E-state index in [1.165, 1.54) is 34.8 Å². The van der Waals surface area contributed by atoms with Gasteiger partial charge in [0.1, 0.15) is 0 Å². The summed E-state index contributed by atoms with van der Waals surface area (Å²) in [6.45, 7) is 0.445. The van der Waals surface area contributed by atoms with Gasteiger partial charge in [0.15, 0.2) is 0 Å². The fourth-order valence-electron chi connectivity index (χ4n) is 2.92. The number of nitrogens with zero attached hydrogens (tertiary/aromatic N) is 2. The van der Waals surface area contributed by atoms with Gasteiger partial charge in [0.2, 0.25) is 10.0 Å². The number of nitro benzene ring substituents is 1. The lowest BCUT2D eigenvalue weighted by Gasteiger charge is -2.29. The highest BCUT2D eigenvalue weighted by molar-refractivity contribution is 7.92. The van der Waals surface area contributed by atoms with Crippen LogP contribution in [-0.2, 0) is 16.4 Å². The molecule has 1 aliphatic heterocycles. The summed E-state index contributed by atoms with van der Waals surface area (Å²) < 4.78 is 25.1. The molecule has 0 aliphatic carbocycles. The monoisotopic (exact) mass is 375 g/mol. The summed E-state index contributed by atoms with van der Waals surface area (Å²) in [5.41, 5.74) is 2.24. The summed E-state index contributed by atoms with van der Waals surface area (Å²) in [4.78, 5) is 22.4. The Hall–Kier alpha value is -2.94. The molecule has 0 atom stereocenters. The summed E-state index contributed by atoms with van der Waals surface area (Å²) >= 11 is 0. The quantitative estimate of drug-likeness (QED) is 0.652. The van der Waals surface area contributed by atoms with Gasteiger partial charge in [-0.1, -0.05) is 0 Å². The molecule has 0 bridgehead atoms. The number of hydrogen-bond donors (Lipinski definition) is 1. The van der Waals surface area contributed by atoms with E-state index in [1.807, 2.05) is 0 Å². The van der Waals surface area contributed by atoms with E-state index in [9.17, 15) is 23.3 Å². The van der Waals surface area contributed by atoms with Crippen LogP contribution in [0.15, 0.2) is 42.5 Å². The third-order valence-electron chi connectivity index (χ3n) is 4.15. The number of aryl methyl sites for hydroxylation is 1. The zero-order valence-corrected chi connectivity index (χ0v) is 14.8. The predicted molar refractivity (Wildman–Crippen MR) is 98.0 cm³/mol. The average Bonchev–Trinajstić information content (AvgIpc) is 2.60. The van der Waals surface area contributed by atoms with Crippen molar-refractivity contribution < 1.29 is 18.1 Å². The molecule has 0 fully saturated rings. The third-order valence-corrected chi connectivity index (χ3v) is 5.33. The Morgan fingerprint density at radius 3 is 2.50 bits per heavy atom. The average molecular weight is 375 g/mol. The molecule has 0 spiro atoms. The number of fused-ring (bicyclic) bond motifs is 1. The first-order valence-electron chi connectivity index (χ1n) is 7.92. The van der Waals surface area contributed by atoms with Crippen LogP contribution in [0.4, 0.5) is 17.1 Å². The smallest absolute Gasteiger partial charge is 0.269 e. The second-order valence-electron chi connectivity index (χ2n) is 6.04. The minimum absolute atomic E-state index is 0.0869. The van der Waals surface area contributed by atoms with Gasteiger partial charge in [-0.2, -0.15) is 0 Å². The molecular weight excluding hydrogens is 358 g/mol. The van der Waals surface area contributed by atoms with Crippen molar-refractivity contribution >= 4 is 33.0 Å². The lowest BCUT2D eigenvalue weighted by atomic mass is 10.0. The fraction of sp³-hybridized carbons (Fsp3) is 0.235. The minimum Gasteiger partial charge on any atom is -0.322 e. The Morgan fingerprint density at radius 2 is 1.88 bits per heavy atom. The lowest BCUT2D eigenvalue weighted by molar-refractivity contribution is -0.384. The van der Waals surface area contributed by atoms with Crippen molar-refractivity contribution in [1.29, 1.82) is 0 Å². The molecule has 0 unspecified atom stereocenters. The highest BCUT2D eigenvalue weighted by Crippen LogP contribution is 2.31. The van der Waals surface area contributed by atoms with E-state index < -0.39 is 20.9 Å². The second-order valence-corrected chi connectivity index (χ2v) is 7.95. The number of rotatable bonds is 4. The Bertz CT molecular complexity index is 970. The molecule has 2 aromatic rings. The van der Waals surface area contributed by atoms with Crippen molar-refractivity contribution in [1.82, 2.24) is 0 Å². The number of carbonyl (C=O) groups excluding carboxylic acids is 1. The van der Waals surface area contributed by atoms with Gasteiger partial charge in [-0.05, 0) is 48.7 Å². The molecule has 2 aromatic carbocycles. The van der Waals surface area contributed by atoms with Crippen LogP contribution in [0.25, 0.3) is 0 Å². The SMILES string of the molecule is CS(=O)(=O)N1CCCc2cc(NC(=O)c3ccc([N+](=O)[O-])cc3)ccc21. The van der Waals surface area contributed by atoms with Crippen molar-refractivity contribution in [3.63, 3.8) is 0 Å². The first kappa shape index (κ1) is 17.9. The van der Waals surface area contributed by atoms with Crippen LogP contribution < -0.4 is 9.62 Å². The number of nitro groups is 1. The number of nitrogens with one attached hydrogen (secondary N) is 1. The summed E-state index contributed by atoms with van der Waals surface area (Å²) in [7, 11) is -3.34. The number of amides is 1. The van der Waals surface area contributed by atoms with Crippen molar-refractivity contribution in [3.8, 4) is 0 Å². The first-order valence-corrected chi connectivity index (χ1v) is 9.77. The van der Waals surface area contributed by atoms with Gasteiger partial charge in [0.05, 0.1) is 16.9 Å². The maximum Gasteiger partial charge on any atom is 0.269 e. The molecule has 8 nitrogen and oxygen atoms in total. The molecule has 9 heteroatoms. The molecule has 136 valence electrons. The zero-order valence-electron chi connectivity index (χ0n) is 14.0. The maximum absolute atomic E-state index is 12.3. The van der Waals surface area contributed by atoms with Gasteiger partial charge >= 0.3 is 0 Å². The van der Waals surface area contributed by atoms with Gasteiger partial charge in [-0.3, -0.25) is 19.2 Å². The van der Waals surface area contributed by atoms with Crippen LogP contribution in [0.5, 0.6) is 0 Å². The van der Waals surface area contributed by atoms with Gasteiger partial charge in [-0.15, -0.1) is 0 Å². The number of non-ortho nitro benzene ring substituents is 1. The molecule has 0 aromatic heterocycles. The van der Waals surface area contributed by atoms with E-state index in [0.717, 1.165) is 12.0 Å². The van der Waals surface area contributed by atoms with Crippen molar-refractivity contribution in [2.75, 3.05) is 22.4 Å². The van der Waals surface area contributed by atoms with E-state index in [1.54, 1.807) is 18.2 Å². The molecule has 1 N–H and O–H groups in total. The lowest BCUT2D eigenvalue weighted by Crippen LogP contribution is -2.34. The van der Waals surface area contributed by atoms with E-state index in [2.05, 4.69) is 5.32 Å². The van der Waals surface area contributed by atoms with Crippen molar-refractivity contribution in [2.45, 2.75) is 12.8 Å². The van der Waals surface area contributed by atoms with Crippen LogP contribution in [0.1, 0.15) is 22.3 Å². The standard InChI is InChI=1S/C17H17N3O5S/c1-26(24,25)19-10-2-3-13-11-14(6-9-16(13)19)18-17(21)12-4-7-15(8-5-12)20(22)23/h4-9,11H,2-3,10H2,1H3,(H,18,21). The number of hydrogen-bond acceptors (Lipinski definition) is 5. The highest BCUT2D eigenvalue weighted by atomic mass is 32.2. The van der Waals surface area contributed by atoms with E-state index >= 15 is 0 Å². The molecule has 0 saturated carbocycles. The van der Waals surface area contributed by atoms with Gasteiger partial charge in [-0.25, -0.2) is 8.42 Å². The first-order chi connectivity index (χ1) is 12.3. The number of benzene rings is 2. The molecular formula is C17H17N3O5S. The molecule has 0 radical (unpaired) electrons. The molecule has 26 heavy (non-hydrogen) atoms. The van der Waals surface area contributed by atoms with E-state index in [4.69, 9.17) is 0 Å². The molecule has 0 saturated heterocycles. The van der Waals surface area contributed by atoms with Gasteiger partial charge < -0.3 is 5.32 Å². The third kappa shape index (κ3) is 3.67. The van der Waals surface area contributed by atoms with Crippen LogP contribution in [-0.4, -0.2) is 32.0 Å². The topological polar surface area (TPSA) is 110 Å². The number of sulfonamides is 1. The Balaban J connectivity index is 1.81. The summed E-state index contributed by atoms with van der Waals surface area (Å²) in [5, 5.41) is 13.4. The van der Waals surface area contributed by atoms with Crippen LogP contribution in [0.2, 0.25) is 0 Å². The molecule has 1 aliphatic rings. The zero-order chi connectivity index (χ0) is 18.9. The fourth-order valence-corrected chi connectivity index (χ4v) is 3.92. The van der Waals surface area contributed by atoms with Crippen LogP contribution in [0, 0.1) is 10.1 Å². The Kier molecular flexibility index (Phi) is 4.64. The van der Waals surface area contributed by atoms with Crippen LogP contribution >= 0.6 is 0 Å². The second kappa shape index (κ2) is 6.75. The highest BCUT2D eigenvalue weighted by Gasteiger charge is 2.24. The van der Waals surface area contributed by atoms with Gasteiger partial charge in [0.25, 0.3) is 11.6 Å². The van der Waals surface area contributed by atoms with Crippen molar-refractivity contribution in [2.24, 2.45) is 0 Å². The molecule has 1 heterocycles. The number of carbonyl (C=O) groups is 1. The summed E-state index contributed by atoms with van der Waals surface area (Å²) in [6, 6.07) is 10.4. The summed E-state index contributed by atoms with van der Waals surface area (Å²) in [5.74, 6) is -0.393. The molecule has 1 amide bonds. The predicted octanol–water partition coefficient (Wildman–Crippen LogP) is 2.56. The Labute approximate surface area is 150 Å². The largest absolute Gasteiger partial charge is 0.322 e. The van der Waals surface area contributed by atoms with Crippen molar-refractivity contribution in [3.05, 3.63) is 63.7 Å². The van der Waals surface area contributed by atoms with Crippen LogP contribution in [0.3, 0.4) is 0 Å². The van der Waals surface area contributed by atoms with E-state index in [0.29, 0.717) is 29.9 Å². The van der Waals surface area contributed by atoms with Gasteiger partial charge in [0, 0.05) is 29.9 Å². The Morgan fingerprint density at radius 1 is 1.19 bits per heavy atom. The maximum atomic E-state index is 12.3. The summed E-state index contributed by atoms with van der Waals surface area (Å²) in [6.07, 6.45) is 2.61. The number of anilines is 2.